The number of alkyl halides is 1. The van der Waals surface area contributed by atoms with E-state index in [2.05, 4.69) is 6.58 Å². The Kier molecular flexibility index (Phi) is 5.67. The van der Waals surface area contributed by atoms with Crippen LogP contribution in [0.4, 0.5) is 0 Å². The fourth-order valence-electron chi connectivity index (χ4n) is 0.378. The van der Waals surface area contributed by atoms with E-state index >= 15 is 0 Å². The van der Waals surface area contributed by atoms with E-state index in [0.717, 1.165) is 12.0 Å². The van der Waals surface area contributed by atoms with Gasteiger partial charge < -0.3 is 4.74 Å². The minimum atomic E-state index is -0.151. The van der Waals surface area contributed by atoms with Crippen LogP contribution in [-0.4, -0.2) is 17.0 Å². The van der Waals surface area contributed by atoms with Crippen molar-refractivity contribution in [2.45, 2.75) is 13.3 Å². The second-order valence-corrected chi connectivity index (χ2v) is 2.82. The summed E-state index contributed by atoms with van der Waals surface area (Å²) in [7, 11) is 0. The lowest BCUT2D eigenvalue weighted by molar-refractivity contribution is -0.139. The van der Waals surface area contributed by atoms with Gasteiger partial charge in [-0.05, 0) is 6.92 Å². The van der Waals surface area contributed by atoms with Gasteiger partial charge in [-0.2, -0.15) is 0 Å². The second-order valence-electron chi connectivity index (χ2n) is 2.06. The first kappa shape index (κ1) is 9.94. The van der Waals surface area contributed by atoms with Crippen LogP contribution in [-0.2, 0) is 9.53 Å². The Morgan fingerprint density at radius 3 is 2.70 bits per heavy atom. The molecule has 0 N–H and O–H groups in total. The summed E-state index contributed by atoms with van der Waals surface area (Å²) in [5, 5.41) is 0. The highest BCUT2D eigenvalue weighted by Gasteiger charge is 1.97. The van der Waals surface area contributed by atoms with Crippen molar-refractivity contribution in [3.8, 4) is 0 Å². The fraction of sp³-hybridized carbons (Fsp3) is 0.571. The molecular weight excluding hydrogens is 243 g/mol. The summed E-state index contributed by atoms with van der Waals surface area (Å²) in [5.74, 6) is -0.151. The summed E-state index contributed by atoms with van der Waals surface area (Å²) in [4.78, 5) is 10.5. The van der Waals surface area contributed by atoms with Crippen molar-refractivity contribution >= 4 is 28.6 Å². The zero-order valence-electron chi connectivity index (χ0n) is 6.02. The Bertz CT molecular complexity index is 132. The van der Waals surface area contributed by atoms with Crippen LogP contribution < -0.4 is 0 Å². The van der Waals surface area contributed by atoms with E-state index < -0.39 is 0 Å². The van der Waals surface area contributed by atoms with Gasteiger partial charge in [0.05, 0.1) is 11.0 Å². The van der Waals surface area contributed by atoms with E-state index in [-0.39, 0.29) is 5.97 Å². The van der Waals surface area contributed by atoms with Gasteiger partial charge in [0.25, 0.3) is 0 Å². The van der Waals surface area contributed by atoms with Crippen LogP contribution in [0.25, 0.3) is 0 Å². The molecule has 0 amide bonds. The smallest absolute Gasteiger partial charge is 0.315 e. The third-order valence-electron chi connectivity index (χ3n) is 0.901. The van der Waals surface area contributed by atoms with Crippen LogP contribution in [0.2, 0.25) is 0 Å². The van der Waals surface area contributed by atoms with Crippen molar-refractivity contribution in [1.29, 1.82) is 0 Å². The van der Waals surface area contributed by atoms with Crippen LogP contribution in [0.5, 0.6) is 0 Å². The van der Waals surface area contributed by atoms with Crippen LogP contribution in [0.15, 0.2) is 12.2 Å². The number of carbonyl (C=O) groups is 1. The van der Waals surface area contributed by atoms with Gasteiger partial charge in [-0.25, -0.2) is 0 Å². The van der Waals surface area contributed by atoms with Crippen LogP contribution >= 0.6 is 22.6 Å². The van der Waals surface area contributed by atoms with Crippen molar-refractivity contribution in [1.82, 2.24) is 0 Å². The Morgan fingerprint density at radius 2 is 2.30 bits per heavy atom. The Hall–Kier alpha value is -0.0600. The maximum atomic E-state index is 10.5. The van der Waals surface area contributed by atoms with E-state index in [9.17, 15) is 4.79 Å². The first-order chi connectivity index (χ1) is 4.66. The number of esters is 1. The molecule has 0 aliphatic heterocycles. The largest absolute Gasteiger partial charge is 0.465 e. The molecule has 0 radical (unpaired) electrons. The molecule has 0 bridgehead atoms. The Balaban J connectivity index is 3.20. The Labute approximate surface area is 74.8 Å². The topological polar surface area (TPSA) is 26.3 Å². The quantitative estimate of drug-likeness (QED) is 0.331. The molecule has 0 aromatic heterocycles. The lowest BCUT2D eigenvalue weighted by Crippen LogP contribution is -2.06. The van der Waals surface area contributed by atoms with Gasteiger partial charge in [-0.15, -0.1) is 6.58 Å². The fourth-order valence-corrected chi connectivity index (χ4v) is 0.598. The molecule has 0 aromatic carbocycles. The molecule has 10 heavy (non-hydrogen) atoms. The predicted molar refractivity (Wildman–Crippen MR) is 49.3 cm³/mol. The van der Waals surface area contributed by atoms with E-state index in [0.29, 0.717) is 11.0 Å². The highest BCUT2D eigenvalue weighted by molar-refractivity contribution is 14.1. The highest BCUT2D eigenvalue weighted by atomic mass is 127. The standard InChI is InChI=1S/C7H11IO2/c1-6(2)3-4-10-7(9)5-8/h1,3-5H2,2H3. The molecule has 3 heteroatoms. The molecule has 0 aliphatic carbocycles. The monoisotopic (exact) mass is 254 g/mol. The van der Waals surface area contributed by atoms with E-state index in [4.69, 9.17) is 4.74 Å². The summed E-state index contributed by atoms with van der Waals surface area (Å²) in [6, 6.07) is 0. The summed E-state index contributed by atoms with van der Waals surface area (Å²) < 4.78 is 5.22. The van der Waals surface area contributed by atoms with Crippen molar-refractivity contribution in [2.24, 2.45) is 0 Å². The second kappa shape index (κ2) is 5.70. The molecule has 0 heterocycles. The number of hydrogen-bond donors (Lipinski definition) is 0. The maximum absolute atomic E-state index is 10.5. The minimum absolute atomic E-state index is 0.151. The lowest BCUT2D eigenvalue weighted by Gasteiger charge is -2.00. The van der Waals surface area contributed by atoms with Crippen molar-refractivity contribution in [3.05, 3.63) is 12.2 Å². The predicted octanol–water partition coefficient (Wildman–Crippen LogP) is 1.93. The zero-order valence-corrected chi connectivity index (χ0v) is 8.18. The molecule has 0 saturated heterocycles. The number of rotatable bonds is 4. The molecule has 0 aliphatic rings. The van der Waals surface area contributed by atoms with Gasteiger partial charge >= 0.3 is 5.97 Å². The molecule has 2 nitrogen and oxygen atoms in total. The van der Waals surface area contributed by atoms with E-state index in [1.165, 1.54) is 0 Å². The summed E-state index contributed by atoms with van der Waals surface area (Å²) in [5.41, 5.74) is 1.04. The molecule has 0 aromatic rings. The van der Waals surface area contributed by atoms with E-state index in [1.807, 2.05) is 29.5 Å². The third-order valence-corrected chi connectivity index (χ3v) is 1.52. The SMILES string of the molecule is C=C(C)CCOC(=O)CI. The first-order valence-corrected chi connectivity index (χ1v) is 4.55. The molecule has 0 atom stereocenters. The highest BCUT2D eigenvalue weighted by Crippen LogP contribution is 1.96. The normalized spacial score (nSPS) is 9.00. The van der Waals surface area contributed by atoms with Gasteiger partial charge in [0.15, 0.2) is 0 Å². The number of carbonyl (C=O) groups excluding carboxylic acids is 1. The van der Waals surface area contributed by atoms with Crippen LogP contribution in [0, 0.1) is 0 Å². The molecule has 0 unspecified atom stereocenters. The molecular formula is C7H11IO2. The summed E-state index contributed by atoms with van der Waals surface area (Å²) in [6.45, 7) is 6.07. The van der Waals surface area contributed by atoms with Gasteiger partial charge in [0, 0.05) is 6.42 Å². The molecule has 0 fully saturated rings. The van der Waals surface area contributed by atoms with Crippen molar-refractivity contribution in [3.63, 3.8) is 0 Å². The number of hydrogen-bond acceptors (Lipinski definition) is 2. The Morgan fingerprint density at radius 1 is 1.70 bits per heavy atom. The van der Waals surface area contributed by atoms with Crippen LogP contribution in [0.3, 0.4) is 0 Å². The van der Waals surface area contributed by atoms with Crippen molar-refractivity contribution in [2.75, 3.05) is 11.0 Å². The van der Waals surface area contributed by atoms with E-state index in [1.54, 1.807) is 0 Å². The zero-order chi connectivity index (χ0) is 7.98. The van der Waals surface area contributed by atoms with Gasteiger partial charge in [-0.3, -0.25) is 4.79 Å². The number of halogens is 1. The summed E-state index contributed by atoms with van der Waals surface area (Å²) in [6.07, 6.45) is 0.766. The average Bonchev–Trinajstić information content (AvgIpc) is 1.87. The first-order valence-electron chi connectivity index (χ1n) is 3.02. The molecule has 0 spiro atoms. The summed E-state index contributed by atoms with van der Waals surface area (Å²) >= 11 is 1.97. The molecule has 0 rings (SSSR count). The lowest BCUT2D eigenvalue weighted by atomic mass is 10.3. The van der Waals surface area contributed by atoms with Gasteiger partial charge in [0.1, 0.15) is 0 Å². The maximum Gasteiger partial charge on any atom is 0.315 e. The number of ether oxygens (including phenoxy) is 1. The van der Waals surface area contributed by atoms with Gasteiger partial charge in [-0.1, -0.05) is 28.2 Å². The average molecular weight is 254 g/mol. The van der Waals surface area contributed by atoms with Crippen LogP contribution in [0.1, 0.15) is 13.3 Å². The molecule has 0 saturated carbocycles. The molecule has 58 valence electrons. The third kappa shape index (κ3) is 6.07. The van der Waals surface area contributed by atoms with Gasteiger partial charge in [0.2, 0.25) is 0 Å². The van der Waals surface area contributed by atoms with Crippen molar-refractivity contribution < 1.29 is 9.53 Å². The minimum Gasteiger partial charge on any atom is -0.465 e.